The molecule has 4 radical (unpaired) electrons. The van der Waals surface area contributed by atoms with Gasteiger partial charge in [-0.3, -0.25) is 4.79 Å². The summed E-state index contributed by atoms with van der Waals surface area (Å²) in [5.41, 5.74) is 9.96. The second-order valence-corrected chi connectivity index (χ2v) is 2.55. The predicted octanol–water partition coefficient (Wildman–Crippen LogP) is -2.91. The van der Waals surface area contributed by atoms with Crippen LogP contribution in [-0.4, -0.2) is 49.3 Å². The third-order valence-corrected chi connectivity index (χ3v) is 1.21. The van der Waals surface area contributed by atoms with Crippen molar-refractivity contribution in [1.29, 1.82) is 0 Å². The van der Waals surface area contributed by atoms with Gasteiger partial charge >= 0.3 is 5.97 Å². The van der Waals surface area contributed by atoms with Gasteiger partial charge in [0.25, 0.3) is 0 Å². The van der Waals surface area contributed by atoms with Crippen LogP contribution in [0.3, 0.4) is 0 Å². The number of aliphatic imine (C=N–C) groups is 1. The topological polar surface area (TPSA) is 122 Å². The van der Waals surface area contributed by atoms with Crippen LogP contribution >= 0.6 is 0 Å². The Morgan fingerprint density at radius 3 is 2.23 bits per heavy atom. The monoisotopic (exact) mass is 181 g/mol. The van der Waals surface area contributed by atoms with Gasteiger partial charge in [0, 0.05) is 5.40 Å². The van der Waals surface area contributed by atoms with E-state index < -0.39 is 23.8 Å². The number of nitrogens with two attached hydrogens (primary N) is 2. The largest absolute Gasteiger partial charge is 0.481 e. The van der Waals surface area contributed by atoms with Gasteiger partial charge in [0.2, 0.25) is 0 Å². The van der Waals surface area contributed by atoms with E-state index in [1.165, 1.54) is 0 Å². The Bertz CT molecular complexity index is 222. The molecule has 0 heterocycles. The Hall–Kier alpha value is -1.17. The molecule has 1 atom stereocenters. The smallest absolute Gasteiger partial charge is 0.305 e. The highest BCUT2D eigenvalue weighted by molar-refractivity contribution is 6.39. The molecule has 6 nitrogen and oxygen atoms in total. The third-order valence-electron chi connectivity index (χ3n) is 1.21. The van der Waals surface area contributed by atoms with Crippen LogP contribution in [0.15, 0.2) is 4.99 Å². The minimum Gasteiger partial charge on any atom is -0.481 e. The van der Waals surface area contributed by atoms with Crippen molar-refractivity contribution in [3.63, 3.8) is 0 Å². The molecule has 0 aromatic carbocycles. The molecule has 0 aliphatic heterocycles. The molecule has 8 heteroatoms. The van der Waals surface area contributed by atoms with Crippen LogP contribution in [0, 0.1) is 0 Å². The molecule has 0 fully saturated rings. The van der Waals surface area contributed by atoms with Gasteiger partial charge in [-0.2, -0.15) is 0 Å². The average molecular weight is 181 g/mol. The van der Waals surface area contributed by atoms with Gasteiger partial charge in [0.05, 0.1) is 12.5 Å². The molecule has 68 valence electrons. The summed E-state index contributed by atoms with van der Waals surface area (Å²) in [6, 6.07) is -1.27. The van der Waals surface area contributed by atoms with Crippen molar-refractivity contribution in [3.05, 3.63) is 0 Å². The molecule has 0 spiro atoms. The molecule has 0 aromatic heterocycles. The molecule has 0 aliphatic rings. The third kappa shape index (κ3) is 5.13. The highest BCUT2D eigenvalue weighted by Crippen LogP contribution is 2.09. The van der Waals surface area contributed by atoms with Crippen LogP contribution in [0.5, 0.6) is 0 Å². The van der Waals surface area contributed by atoms with Crippen LogP contribution in [0.4, 0.5) is 0 Å². The zero-order chi connectivity index (χ0) is 10.6. The van der Waals surface area contributed by atoms with E-state index >= 15 is 0 Å². The Balaban J connectivity index is 4.57. The number of carbonyl (C=O) groups is 1. The van der Waals surface area contributed by atoms with Gasteiger partial charge in [0.1, 0.15) is 15.7 Å². The second-order valence-electron chi connectivity index (χ2n) is 2.55. The maximum atomic E-state index is 10.3. The van der Waals surface area contributed by atoms with E-state index in [1.807, 2.05) is 0 Å². The molecule has 0 amide bonds. The van der Waals surface area contributed by atoms with Crippen molar-refractivity contribution in [3.8, 4) is 0 Å². The van der Waals surface area contributed by atoms with E-state index in [1.54, 1.807) is 0 Å². The lowest BCUT2D eigenvalue weighted by molar-refractivity contribution is -0.137. The van der Waals surface area contributed by atoms with Gasteiger partial charge in [-0.05, 0) is 0 Å². The number of carboxylic acid groups (broad SMARTS) is 1. The van der Waals surface area contributed by atoms with E-state index in [-0.39, 0.29) is 5.96 Å². The first-order valence-electron chi connectivity index (χ1n) is 3.34. The maximum Gasteiger partial charge on any atom is 0.305 e. The summed E-state index contributed by atoms with van der Waals surface area (Å²) in [6.45, 7) is 0. The van der Waals surface area contributed by atoms with Crippen LogP contribution in [0.2, 0.25) is 0 Å². The molecule has 0 aliphatic carbocycles. The average Bonchev–Trinajstić information content (AvgIpc) is 1.81. The maximum absolute atomic E-state index is 10.3. The normalized spacial score (nSPS) is 13.3. The summed E-state index contributed by atoms with van der Waals surface area (Å²) in [5, 5.41) is 15.2. The molecule has 0 aromatic rings. The van der Waals surface area contributed by atoms with Gasteiger partial charge in [-0.1, -0.05) is 0 Å². The standard InChI is InChI=1S/C5H9B2N3O3/c6-5(7,13)2(1-3(11)12)10-4(8)9/h2,13H,1H2,(H,11,12)(H4,8,9,10). The first-order chi connectivity index (χ1) is 5.73. The Kier molecular flexibility index (Phi) is 3.80. The molecule has 0 rings (SSSR count). The summed E-state index contributed by atoms with van der Waals surface area (Å²) in [6.07, 6.45) is -0.554. The summed E-state index contributed by atoms with van der Waals surface area (Å²) >= 11 is 0. The number of aliphatic carboxylic acids is 1. The highest BCUT2D eigenvalue weighted by Gasteiger charge is 2.27. The van der Waals surface area contributed by atoms with Gasteiger partial charge < -0.3 is 21.7 Å². The molecule has 13 heavy (non-hydrogen) atoms. The van der Waals surface area contributed by atoms with Crippen molar-refractivity contribution in [2.75, 3.05) is 0 Å². The molecule has 0 saturated heterocycles. The second kappa shape index (κ2) is 4.18. The van der Waals surface area contributed by atoms with Gasteiger partial charge in [-0.25, -0.2) is 4.99 Å². The lowest BCUT2D eigenvalue weighted by Gasteiger charge is -2.25. The van der Waals surface area contributed by atoms with Crippen LogP contribution < -0.4 is 11.5 Å². The highest BCUT2D eigenvalue weighted by atomic mass is 16.4. The number of nitrogens with zero attached hydrogens (tertiary/aromatic N) is 1. The molecule has 0 bridgehead atoms. The minimum absolute atomic E-state index is 0.388. The zero-order valence-corrected chi connectivity index (χ0v) is 6.84. The number of guanidine groups is 1. The van der Waals surface area contributed by atoms with Crippen LogP contribution in [0.25, 0.3) is 0 Å². The molecule has 6 N–H and O–H groups in total. The van der Waals surface area contributed by atoms with Crippen molar-refractivity contribution in [2.45, 2.75) is 17.9 Å². The molecular weight excluding hydrogens is 172 g/mol. The lowest BCUT2D eigenvalue weighted by atomic mass is 9.60. The number of hydrogen-bond acceptors (Lipinski definition) is 3. The predicted molar refractivity (Wildman–Crippen MR) is 48.3 cm³/mol. The summed E-state index contributed by atoms with van der Waals surface area (Å²) < 4.78 is 0. The Labute approximate surface area is 77.8 Å². The minimum atomic E-state index is -2.25. The number of rotatable bonds is 4. The van der Waals surface area contributed by atoms with Gasteiger partial charge in [-0.15, -0.1) is 0 Å². The number of hydrogen-bond donors (Lipinski definition) is 4. The first-order valence-corrected chi connectivity index (χ1v) is 3.34. The van der Waals surface area contributed by atoms with E-state index in [4.69, 9.17) is 37.4 Å². The number of aliphatic hydroxyl groups is 1. The summed E-state index contributed by atoms with van der Waals surface area (Å²) in [7, 11) is 10.1. The van der Waals surface area contributed by atoms with Crippen molar-refractivity contribution >= 4 is 27.6 Å². The zero-order valence-electron chi connectivity index (χ0n) is 6.84. The van der Waals surface area contributed by atoms with Crippen LogP contribution in [-0.2, 0) is 4.79 Å². The SMILES string of the molecule is [B]C([B])(O)C(CC(=O)O)N=C(N)N. The van der Waals surface area contributed by atoms with Crippen molar-refractivity contribution < 1.29 is 15.0 Å². The quantitative estimate of drug-likeness (QED) is 0.210. The van der Waals surface area contributed by atoms with Crippen molar-refractivity contribution in [2.24, 2.45) is 16.5 Å². The fourth-order valence-electron chi connectivity index (χ4n) is 0.658. The number of carboxylic acids is 1. The Morgan fingerprint density at radius 1 is 1.54 bits per heavy atom. The Morgan fingerprint density at radius 2 is 2.00 bits per heavy atom. The van der Waals surface area contributed by atoms with Gasteiger partial charge in [0.15, 0.2) is 5.96 Å². The molecule has 1 unspecified atom stereocenters. The first kappa shape index (κ1) is 11.8. The van der Waals surface area contributed by atoms with E-state index in [9.17, 15) is 4.79 Å². The van der Waals surface area contributed by atoms with Crippen LogP contribution in [0.1, 0.15) is 6.42 Å². The summed E-state index contributed by atoms with van der Waals surface area (Å²) in [5.74, 6) is -1.61. The fraction of sp³-hybridized carbons (Fsp3) is 0.600. The fourth-order valence-corrected chi connectivity index (χ4v) is 0.658. The van der Waals surface area contributed by atoms with Crippen molar-refractivity contribution in [1.82, 2.24) is 0 Å². The van der Waals surface area contributed by atoms with E-state index in [2.05, 4.69) is 4.99 Å². The lowest BCUT2D eigenvalue weighted by Crippen LogP contribution is -2.45. The molecular formula is C5H9B2N3O3. The summed E-state index contributed by atoms with van der Waals surface area (Å²) in [4.78, 5) is 13.6. The van der Waals surface area contributed by atoms with E-state index in [0.717, 1.165) is 0 Å². The van der Waals surface area contributed by atoms with E-state index in [0.29, 0.717) is 0 Å². The molecule has 0 saturated carbocycles.